The summed E-state index contributed by atoms with van der Waals surface area (Å²) in [5.41, 5.74) is -1.54. The lowest BCUT2D eigenvalue weighted by atomic mass is 9.95. The summed E-state index contributed by atoms with van der Waals surface area (Å²) in [7, 11) is 0. The number of rotatable bonds is 6. The molecule has 8 nitrogen and oxygen atoms in total. The summed E-state index contributed by atoms with van der Waals surface area (Å²) in [6.07, 6.45) is -1.48. The predicted molar refractivity (Wildman–Crippen MR) is 130 cm³/mol. The zero-order chi connectivity index (χ0) is 27.0. The Labute approximate surface area is 216 Å². The smallest absolute Gasteiger partial charge is 0.416 e. The van der Waals surface area contributed by atoms with Crippen molar-refractivity contribution in [1.29, 1.82) is 0 Å². The fourth-order valence-corrected chi connectivity index (χ4v) is 5.21. The molecule has 2 aromatic rings. The molecule has 2 aliphatic heterocycles. The molecule has 1 aromatic heterocycles. The van der Waals surface area contributed by atoms with Crippen molar-refractivity contribution in [2.75, 3.05) is 19.8 Å². The summed E-state index contributed by atoms with van der Waals surface area (Å²) in [4.78, 5) is 31.3. The molecule has 0 radical (unpaired) electrons. The highest BCUT2D eigenvalue weighted by Crippen LogP contribution is 2.33. The summed E-state index contributed by atoms with van der Waals surface area (Å²) in [5, 5.41) is 9.19. The van der Waals surface area contributed by atoms with E-state index in [4.69, 9.17) is 9.47 Å². The van der Waals surface area contributed by atoms with Crippen molar-refractivity contribution >= 4 is 23.3 Å². The van der Waals surface area contributed by atoms with Gasteiger partial charge in [-0.05, 0) is 42.9 Å². The van der Waals surface area contributed by atoms with E-state index in [0.717, 1.165) is 35.9 Å². The van der Waals surface area contributed by atoms with Gasteiger partial charge < -0.3 is 24.0 Å². The Morgan fingerprint density at radius 1 is 1.24 bits per heavy atom. The number of amides is 2. The van der Waals surface area contributed by atoms with Crippen molar-refractivity contribution in [2.45, 2.75) is 70.3 Å². The van der Waals surface area contributed by atoms with Crippen LogP contribution in [0.1, 0.15) is 60.8 Å². The van der Waals surface area contributed by atoms with Crippen LogP contribution in [0, 0.1) is 0 Å². The number of carbonyl (C=O) groups is 2. The second-order valence-electron chi connectivity index (χ2n) is 10.3. The van der Waals surface area contributed by atoms with Crippen LogP contribution in [0.3, 0.4) is 0 Å². The third-order valence-corrected chi connectivity index (χ3v) is 7.89. The molecule has 0 aliphatic carbocycles. The third-order valence-electron chi connectivity index (χ3n) is 6.44. The quantitative estimate of drug-likeness (QED) is 0.561. The molecule has 3 heterocycles. The van der Waals surface area contributed by atoms with E-state index in [1.807, 2.05) is 31.5 Å². The Morgan fingerprint density at radius 3 is 2.57 bits per heavy atom. The zero-order valence-electron chi connectivity index (χ0n) is 20.9. The van der Waals surface area contributed by atoms with Gasteiger partial charge in [-0.15, -0.1) is 11.3 Å². The van der Waals surface area contributed by atoms with Gasteiger partial charge in [-0.1, -0.05) is 20.8 Å². The molecule has 2 amide bonds. The molecule has 37 heavy (non-hydrogen) atoms. The number of nitrogens with zero attached hydrogens (tertiary/aromatic N) is 3. The molecule has 4 rings (SSSR count). The van der Waals surface area contributed by atoms with Crippen LogP contribution in [0.2, 0.25) is 0 Å². The average molecular weight is 542 g/mol. The number of benzene rings is 1. The summed E-state index contributed by atoms with van der Waals surface area (Å²) < 4.78 is 53.6. The Bertz CT molecular complexity index is 1230. The van der Waals surface area contributed by atoms with Crippen LogP contribution in [0.15, 0.2) is 29.4 Å². The summed E-state index contributed by atoms with van der Waals surface area (Å²) in [5.74, 6) is -0.939. The van der Waals surface area contributed by atoms with E-state index in [-0.39, 0.29) is 29.4 Å². The third kappa shape index (κ3) is 6.35. The molecule has 2 atom stereocenters. The van der Waals surface area contributed by atoms with Gasteiger partial charge in [0.1, 0.15) is 12.4 Å². The topological polar surface area (TPSA) is 93.4 Å². The number of likely N-dealkylation sites (tertiary alicyclic amines) is 1. The summed E-state index contributed by atoms with van der Waals surface area (Å²) >= 11 is 1.31. The fraction of sp³-hybridized carbons (Fsp3) is 0.560. The Kier molecular flexibility index (Phi) is 7.70. The summed E-state index contributed by atoms with van der Waals surface area (Å²) in [6.45, 7) is 7.51. The summed E-state index contributed by atoms with van der Waals surface area (Å²) in [6, 6.07) is 2.23. The second kappa shape index (κ2) is 10.5. The number of halogens is 3. The Morgan fingerprint density at radius 2 is 2.00 bits per heavy atom. The van der Waals surface area contributed by atoms with Crippen molar-refractivity contribution < 1.29 is 37.3 Å². The van der Waals surface area contributed by atoms with Gasteiger partial charge in [0, 0.05) is 24.2 Å². The van der Waals surface area contributed by atoms with Crippen LogP contribution in [-0.4, -0.2) is 58.5 Å². The van der Waals surface area contributed by atoms with Gasteiger partial charge in [0.25, 0.3) is 5.91 Å². The zero-order valence-corrected chi connectivity index (χ0v) is 21.7. The molecule has 1 aromatic carbocycles. The largest absolute Gasteiger partial charge is 0.491 e. The van der Waals surface area contributed by atoms with Crippen LogP contribution >= 0.6 is 11.3 Å². The number of carbonyl (C=O) groups excluding carboxylic acids is 1. The first-order valence-corrected chi connectivity index (χ1v) is 12.9. The minimum Gasteiger partial charge on any atom is -0.491 e. The molecule has 1 N–H and O–H groups in total. The normalized spacial score (nSPS) is 20.7. The van der Waals surface area contributed by atoms with E-state index >= 15 is 0 Å². The highest BCUT2D eigenvalue weighted by molar-refractivity contribution is 7.09. The molecule has 0 saturated carbocycles. The standard InChI is InChI=1S/C25H30F3N3O5S/c1-24(2,3)20-13-30(12-17-5-4-10-35-17)22(37-20)29-21(32)18-11-15(25(26,27)28)6-7-19(18)36-14-16-8-9-31(16)23(33)34/h6-7,11,13,16-17H,4-5,8-10,12,14H2,1-3H3,(H,33,34)/b29-22-/t16-,17-/m1/s1. The van der Waals surface area contributed by atoms with Crippen molar-refractivity contribution in [2.24, 2.45) is 4.99 Å². The number of hydrogen-bond donors (Lipinski definition) is 1. The molecular formula is C25H30F3N3O5S. The van der Waals surface area contributed by atoms with Gasteiger partial charge in [-0.25, -0.2) is 4.79 Å². The maximum absolute atomic E-state index is 13.5. The first kappa shape index (κ1) is 27.2. The van der Waals surface area contributed by atoms with Crippen molar-refractivity contribution in [3.05, 3.63) is 45.2 Å². The fourth-order valence-electron chi connectivity index (χ4n) is 4.15. The molecule has 2 aliphatic rings. The molecule has 0 bridgehead atoms. The van der Waals surface area contributed by atoms with Crippen molar-refractivity contribution in [1.82, 2.24) is 9.47 Å². The second-order valence-corrected chi connectivity index (χ2v) is 11.3. The van der Waals surface area contributed by atoms with Crippen molar-refractivity contribution in [3.8, 4) is 5.75 Å². The number of aromatic nitrogens is 1. The minimum atomic E-state index is -4.66. The molecule has 12 heteroatoms. The minimum absolute atomic E-state index is 0.0245. The molecule has 2 saturated heterocycles. The van der Waals surface area contributed by atoms with Gasteiger partial charge in [0.15, 0.2) is 4.80 Å². The van der Waals surface area contributed by atoms with Gasteiger partial charge >= 0.3 is 12.3 Å². The maximum atomic E-state index is 13.5. The molecule has 0 spiro atoms. The lowest BCUT2D eigenvalue weighted by Crippen LogP contribution is -2.53. The SMILES string of the molecule is CC(C)(C)c1cn(C[C@H]2CCCO2)/c(=N/C(=O)c2cc(C(F)(F)F)ccc2OC[C@H]2CCN2C(=O)O)s1. The van der Waals surface area contributed by atoms with Crippen LogP contribution in [0.25, 0.3) is 0 Å². The van der Waals surface area contributed by atoms with Crippen LogP contribution in [0.5, 0.6) is 5.75 Å². The highest BCUT2D eigenvalue weighted by atomic mass is 32.1. The van der Waals surface area contributed by atoms with Gasteiger partial charge in [0.05, 0.1) is 29.8 Å². The molecule has 2 fully saturated rings. The van der Waals surface area contributed by atoms with E-state index in [1.54, 1.807) is 0 Å². The lowest BCUT2D eigenvalue weighted by Gasteiger charge is -2.38. The van der Waals surface area contributed by atoms with Gasteiger partial charge in [-0.2, -0.15) is 18.2 Å². The molecule has 0 unspecified atom stereocenters. The highest BCUT2D eigenvalue weighted by Gasteiger charge is 2.34. The molecular weight excluding hydrogens is 511 g/mol. The number of alkyl halides is 3. The first-order valence-electron chi connectivity index (χ1n) is 12.1. The number of carboxylic acid groups (broad SMARTS) is 1. The van der Waals surface area contributed by atoms with Crippen LogP contribution < -0.4 is 9.54 Å². The molecule has 202 valence electrons. The number of hydrogen-bond acceptors (Lipinski definition) is 5. The van der Waals surface area contributed by atoms with E-state index in [0.29, 0.717) is 30.9 Å². The van der Waals surface area contributed by atoms with E-state index in [2.05, 4.69) is 4.99 Å². The van der Waals surface area contributed by atoms with E-state index in [1.165, 1.54) is 16.2 Å². The first-order chi connectivity index (χ1) is 17.3. The van der Waals surface area contributed by atoms with E-state index in [9.17, 15) is 27.9 Å². The van der Waals surface area contributed by atoms with Gasteiger partial charge in [-0.3, -0.25) is 4.79 Å². The van der Waals surface area contributed by atoms with E-state index < -0.39 is 29.8 Å². The monoisotopic (exact) mass is 541 g/mol. The van der Waals surface area contributed by atoms with Crippen LogP contribution in [0.4, 0.5) is 18.0 Å². The lowest BCUT2D eigenvalue weighted by molar-refractivity contribution is -0.137. The van der Waals surface area contributed by atoms with Crippen LogP contribution in [-0.2, 0) is 22.9 Å². The Hall–Kier alpha value is -2.86. The predicted octanol–water partition coefficient (Wildman–Crippen LogP) is 4.92. The number of thiazole rings is 1. The average Bonchev–Trinajstić information content (AvgIpc) is 3.42. The van der Waals surface area contributed by atoms with Crippen molar-refractivity contribution in [3.63, 3.8) is 0 Å². The maximum Gasteiger partial charge on any atom is 0.416 e. The van der Waals surface area contributed by atoms with Gasteiger partial charge in [0.2, 0.25) is 0 Å². The Balaban J connectivity index is 1.68. The number of ether oxygens (including phenoxy) is 2.